The Bertz CT molecular complexity index is 247. The molecule has 1 aliphatic rings. The van der Waals surface area contributed by atoms with Crippen LogP contribution < -0.4 is 5.32 Å². The summed E-state index contributed by atoms with van der Waals surface area (Å²) < 4.78 is 0. The first kappa shape index (κ1) is 12.2. The van der Waals surface area contributed by atoms with Crippen LogP contribution in [0.2, 0.25) is 0 Å². The van der Waals surface area contributed by atoms with Crippen LogP contribution in [-0.2, 0) is 9.59 Å². The first-order valence-electron chi connectivity index (χ1n) is 5.72. The average molecular weight is 211 g/mol. The lowest BCUT2D eigenvalue weighted by Gasteiger charge is -2.17. The molecule has 0 aromatic carbocycles. The van der Waals surface area contributed by atoms with E-state index in [0.29, 0.717) is 0 Å². The van der Waals surface area contributed by atoms with E-state index < -0.39 is 0 Å². The van der Waals surface area contributed by atoms with Gasteiger partial charge in [0.1, 0.15) is 0 Å². The lowest BCUT2D eigenvalue weighted by Crippen LogP contribution is -2.38. The second-order valence-corrected chi connectivity index (χ2v) is 5.37. The van der Waals surface area contributed by atoms with Crippen molar-refractivity contribution >= 4 is 11.7 Å². The summed E-state index contributed by atoms with van der Waals surface area (Å²) >= 11 is 0. The van der Waals surface area contributed by atoms with Crippen molar-refractivity contribution in [3.05, 3.63) is 0 Å². The van der Waals surface area contributed by atoms with Crippen molar-refractivity contribution in [2.75, 3.05) is 6.54 Å². The van der Waals surface area contributed by atoms with E-state index in [1.807, 2.05) is 20.8 Å². The maximum atomic E-state index is 11.6. The molecule has 1 N–H and O–H groups in total. The summed E-state index contributed by atoms with van der Waals surface area (Å²) in [4.78, 5) is 23.2. The van der Waals surface area contributed by atoms with Gasteiger partial charge in [0, 0.05) is 11.3 Å². The number of carbonyl (C=O) groups excluding carboxylic acids is 2. The van der Waals surface area contributed by atoms with Gasteiger partial charge in [-0.2, -0.15) is 0 Å². The van der Waals surface area contributed by atoms with Crippen molar-refractivity contribution in [1.82, 2.24) is 5.32 Å². The summed E-state index contributed by atoms with van der Waals surface area (Å²) in [6, 6.07) is 0. The van der Waals surface area contributed by atoms with Crippen LogP contribution in [0.1, 0.15) is 46.5 Å². The van der Waals surface area contributed by atoms with Gasteiger partial charge in [-0.15, -0.1) is 0 Å². The molecule has 0 saturated heterocycles. The fraction of sp³-hybridized carbons (Fsp3) is 0.833. The van der Waals surface area contributed by atoms with Gasteiger partial charge in [-0.1, -0.05) is 33.6 Å². The van der Waals surface area contributed by atoms with Gasteiger partial charge in [-0.25, -0.2) is 0 Å². The van der Waals surface area contributed by atoms with Crippen LogP contribution in [0.3, 0.4) is 0 Å². The molecule has 1 fully saturated rings. The third kappa shape index (κ3) is 3.65. The summed E-state index contributed by atoms with van der Waals surface area (Å²) in [5, 5.41) is 2.74. The molecule has 1 amide bonds. The Morgan fingerprint density at radius 3 is 2.20 bits per heavy atom. The van der Waals surface area contributed by atoms with Crippen molar-refractivity contribution in [2.24, 2.45) is 11.3 Å². The Kier molecular flexibility index (Phi) is 3.89. The first-order valence-corrected chi connectivity index (χ1v) is 5.72. The van der Waals surface area contributed by atoms with Crippen LogP contribution in [0.25, 0.3) is 0 Å². The van der Waals surface area contributed by atoms with Crippen LogP contribution >= 0.6 is 0 Å². The summed E-state index contributed by atoms with van der Waals surface area (Å²) in [6.07, 6.45) is 4.25. The van der Waals surface area contributed by atoms with Gasteiger partial charge in [0.25, 0.3) is 0 Å². The SMILES string of the molecule is CC(C)(C)C(=O)CNC(=O)C1CCCC1. The second-order valence-electron chi connectivity index (χ2n) is 5.37. The lowest BCUT2D eigenvalue weighted by molar-refractivity contribution is -0.130. The zero-order chi connectivity index (χ0) is 11.5. The molecule has 86 valence electrons. The number of rotatable bonds is 3. The maximum absolute atomic E-state index is 11.6. The number of carbonyl (C=O) groups is 2. The molecule has 0 aromatic heterocycles. The van der Waals surface area contributed by atoms with Crippen LogP contribution in [0.5, 0.6) is 0 Å². The highest BCUT2D eigenvalue weighted by Crippen LogP contribution is 2.24. The summed E-state index contributed by atoms with van der Waals surface area (Å²) in [6.45, 7) is 5.80. The van der Waals surface area contributed by atoms with Gasteiger partial charge in [0.05, 0.1) is 6.54 Å². The van der Waals surface area contributed by atoms with E-state index in [0.717, 1.165) is 25.7 Å². The zero-order valence-corrected chi connectivity index (χ0v) is 9.93. The van der Waals surface area contributed by atoms with Crippen molar-refractivity contribution in [2.45, 2.75) is 46.5 Å². The number of amides is 1. The predicted octanol–water partition coefficient (Wildman–Crippen LogP) is 1.91. The molecule has 0 atom stereocenters. The molecule has 0 spiro atoms. The number of hydrogen-bond acceptors (Lipinski definition) is 2. The molecule has 0 radical (unpaired) electrons. The molecule has 3 heteroatoms. The first-order chi connectivity index (χ1) is 6.91. The smallest absolute Gasteiger partial charge is 0.223 e. The number of nitrogens with one attached hydrogen (secondary N) is 1. The zero-order valence-electron chi connectivity index (χ0n) is 9.93. The van der Waals surface area contributed by atoms with Crippen molar-refractivity contribution in [1.29, 1.82) is 0 Å². The molecule has 0 bridgehead atoms. The molecule has 0 aromatic rings. The van der Waals surface area contributed by atoms with E-state index >= 15 is 0 Å². The Morgan fingerprint density at radius 1 is 1.20 bits per heavy atom. The van der Waals surface area contributed by atoms with Gasteiger partial charge in [-0.3, -0.25) is 9.59 Å². The summed E-state index contributed by atoms with van der Waals surface area (Å²) in [5.41, 5.74) is -0.358. The molecular formula is C12H21NO2. The van der Waals surface area contributed by atoms with Crippen LogP contribution in [-0.4, -0.2) is 18.2 Å². The van der Waals surface area contributed by atoms with Crippen molar-refractivity contribution in [3.8, 4) is 0 Å². The molecule has 0 unspecified atom stereocenters. The Morgan fingerprint density at radius 2 is 1.73 bits per heavy atom. The van der Waals surface area contributed by atoms with Gasteiger partial charge >= 0.3 is 0 Å². The number of Topliss-reactive ketones (excluding diaryl/α,β-unsaturated/α-hetero) is 1. The molecule has 3 nitrogen and oxygen atoms in total. The van der Waals surface area contributed by atoms with Crippen molar-refractivity contribution < 1.29 is 9.59 Å². The monoisotopic (exact) mass is 211 g/mol. The minimum Gasteiger partial charge on any atom is -0.349 e. The standard InChI is InChI=1S/C12H21NO2/c1-12(2,3)10(14)8-13-11(15)9-6-4-5-7-9/h9H,4-8H2,1-3H3,(H,13,15). The Labute approximate surface area is 91.6 Å². The van der Waals surface area contributed by atoms with E-state index in [1.165, 1.54) is 0 Å². The number of hydrogen-bond donors (Lipinski definition) is 1. The highest BCUT2D eigenvalue weighted by Gasteiger charge is 2.25. The predicted molar refractivity (Wildman–Crippen MR) is 59.4 cm³/mol. The normalized spacial score (nSPS) is 17.8. The van der Waals surface area contributed by atoms with E-state index in [-0.39, 0.29) is 29.6 Å². The molecule has 0 heterocycles. The molecule has 0 aliphatic heterocycles. The average Bonchev–Trinajstić information content (AvgIpc) is 2.64. The third-order valence-electron chi connectivity index (χ3n) is 2.99. The minimum absolute atomic E-state index is 0.0603. The van der Waals surface area contributed by atoms with Crippen molar-refractivity contribution in [3.63, 3.8) is 0 Å². The third-order valence-corrected chi connectivity index (χ3v) is 2.99. The quantitative estimate of drug-likeness (QED) is 0.775. The summed E-state index contributed by atoms with van der Waals surface area (Å²) in [5.74, 6) is 0.303. The van der Waals surface area contributed by atoms with Crippen LogP contribution in [0.15, 0.2) is 0 Å². The molecule has 15 heavy (non-hydrogen) atoms. The van der Waals surface area contributed by atoms with E-state index in [2.05, 4.69) is 5.32 Å². The maximum Gasteiger partial charge on any atom is 0.223 e. The Hall–Kier alpha value is -0.860. The molecule has 1 aliphatic carbocycles. The number of ketones is 1. The van der Waals surface area contributed by atoms with Gasteiger partial charge in [-0.05, 0) is 12.8 Å². The van der Waals surface area contributed by atoms with Crippen LogP contribution in [0.4, 0.5) is 0 Å². The topological polar surface area (TPSA) is 46.2 Å². The minimum atomic E-state index is -0.358. The summed E-state index contributed by atoms with van der Waals surface area (Å²) in [7, 11) is 0. The molecule has 1 rings (SSSR count). The van der Waals surface area contributed by atoms with E-state index in [9.17, 15) is 9.59 Å². The largest absolute Gasteiger partial charge is 0.349 e. The Balaban J connectivity index is 2.30. The highest BCUT2D eigenvalue weighted by molar-refractivity contribution is 5.89. The second kappa shape index (κ2) is 4.77. The van der Waals surface area contributed by atoms with E-state index in [1.54, 1.807) is 0 Å². The van der Waals surface area contributed by atoms with E-state index in [4.69, 9.17) is 0 Å². The van der Waals surface area contributed by atoms with Gasteiger partial charge in [0.15, 0.2) is 5.78 Å². The molecular weight excluding hydrogens is 190 g/mol. The molecule has 1 saturated carbocycles. The highest BCUT2D eigenvalue weighted by atomic mass is 16.2. The fourth-order valence-corrected chi connectivity index (χ4v) is 1.76. The van der Waals surface area contributed by atoms with Gasteiger partial charge < -0.3 is 5.32 Å². The van der Waals surface area contributed by atoms with Gasteiger partial charge in [0.2, 0.25) is 5.91 Å². The van der Waals surface area contributed by atoms with Crippen LogP contribution in [0, 0.1) is 11.3 Å². The lowest BCUT2D eigenvalue weighted by atomic mass is 9.91. The fourth-order valence-electron chi connectivity index (χ4n) is 1.76.